The van der Waals surface area contributed by atoms with Crippen molar-refractivity contribution in [2.45, 2.75) is 39.2 Å². The van der Waals surface area contributed by atoms with E-state index in [0.717, 1.165) is 4.47 Å². The average Bonchev–Trinajstić information content (AvgIpc) is 2.23. The van der Waals surface area contributed by atoms with E-state index in [0.29, 0.717) is 18.9 Å². The molecule has 0 amide bonds. The lowest BCUT2D eigenvalue weighted by molar-refractivity contribution is 0.165. The highest BCUT2D eigenvalue weighted by molar-refractivity contribution is 9.10. The maximum absolute atomic E-state index is 9.56. The summed E-state index contributed by atoms with van der Waals surface area (Å²) < 4.78 is 1.12. The molecule has 1 rings (SSSR count). The molecule has 2 unspecified atom stereocenters. The molecule has 90 valence electrons. The number of hydrogen-bond donors (Lipinski definition) is 2. The van der Waals surface area contributed by atoms with Crippen LogP contribution in [0, 0.1) is 13.8 Å². The molecule has 0 heterocycles. The summed E-state index contributed by atoms with van der Waals surface area (Å²) >= 11 is 3.58. The predicted octanol–water partition coefficient (Wildman–Crippen LogP) is 2.88. The molecule has 0 aliphatic heterocycles. The summed E-state index contributed by atoms with van der Waals surface area (Å²) in [5, 5.41) is 9.56. The summed E-state index contributed by atoms with van der Waals surface area (Å²) in [7, 11) is 0. The average molecular weight is 286 g/mol. The molecular weight excluding hydrogens is 266 g/mol. The highest BCUT2D eigenvalue weighted by Gasteiger charge is 2.14. The number of hydrogen-bond acceptors (Lipinski definition) is 2. The fourth-order valence-corrected chi connectivity index (χ4v) is 2.66. The monoisotopic (exact) mass is 285 g/mol. The van der Waals surface area contributed by atoms with Crippen molar-refractivity contribution in [3.63, 3.8) is 0 Å². The molecule has 0 bridgehead atoms. The van der Waals surface area contributed by atoms with Gasteiger partial charge in [-0.05, 0) is 48.9 Å². The zero-order chi connectivity index (χ0) is 12.3. The van der Waals surface area contributed by atoms with Crippen LogP contribution in [0.25, 0.3) is 0 Å². The van der Waals surface area contributed by atoms with Crippen LogP contribution in [0.1, 0.15) is 36.0 Å². The number of rotatable bonds is 4. The molecular formula is C13H20BrNO. The molecule has 1 aromatic carbocycles. The fourth-order valence-electron chi connectivity index (χ4n) is 1.81. The van der Waals surface area contributed by atoms with Crippen molar-refractivity contribution >= 4 is 15.9 Å². The van der Waals surface area contributed by atoms with Gasteiger partial charge in [-0.1, -0.05) is 28.9 Å². The number of halogens is 1. The zero-order valence-corrected chi connectivity index (χ0v) is 11.7. The van der Waals surface area contributed by atoms with Crippen molar-refractivity contribution < 1.29 is 5.11 Å². The molecule has 0 saturated heterocycles. The van der Waals surface area contributed by atoms with Gasteiger partial charge in [0.05, 0.1) is 6.10 Å². The van der Waals surface area contributed by atoms with Crippen molar-refractivity contribution in [3.8, 4) is 0 Å². The lowest BCUT2D eigenvalue weighted by atomic mass is 9.92. The fraction of sp³-hybridized carbons (Fsp3) is 0.538. The number of benzene rings is 1. The molecule has 0 spiro atoms. The van der Waals surface area contributed by atoms with E-state index in [9.17, 15) is 5.11 Å². The van der Waals surface area contributed by atoms with Crippen LogP contribution >= 0.6 is 15.9 Å². The number of aliphatic hydroxyl groups excluding tert-OH is 1. The third-order valence-electron chi connectivity index (χ3n) is 3.04. The molecule has 0 aromatic heterocycles. The Labute approximate surface area is 106 Å². The van der Waals surface area contributed by atoms with E-state index >= 15 is 0 Å². The minimum absolute atomic E-state index is 0.312. The van der Waals surface area contributed by atoms with Gasteiger partial charge in [0.2, 0.25) is 0 Å². The number of aryl methyl sites for hydroxylation is 2. The molecule has 3 heteroatoms. The third kappa shape index (κ3) is 3.30. The van der Waals surface area contributed by atoms with E-state index in [1.54, 1.807) is 0 Å². The van der Waals surface area contributed by atoms with E-state index in [4.69, 9.17) is 5.73 Å². The highest BCUT2D eigenvalue weighted by atomic mass is 79.9. The summed E-state index contributed by atoms with van der Waals surface area (Å²) in [6.07, 6.45) is 0.293. The van der Waals surface area contributed by atoms with Gasteiger partial charge in [0.1, 0.15) is 0 Å². The van der Waals surface area contributed by atoms with Crippen LogP contribution in [-0.2, 0) is 0 Å². The summed E-state index contributed by atoms with van der Waals surface area (Å²) in [4.78, 5) is 0. The third-order valence-corrected chi connectivity index (χ3v) is 3.73. The van der Waals surface area contributed by atoms with Gasteiger partial charge in [0.25, 0.3) is 0 Å². The summed E-state index contributed by atoms with van der Waals surface area (Å²) in [6, 6.07) is 4.32. The van der Waals surface area contributed by atoms with Crippen molar-refractivity contribution in [3.05, 3.63) is 33.3 Å². The van der Waals surface area contributed by atoms with Crippen LogP contribution in [0.2, 0.25) is 0 Å². The van der Waals surface area contributed by atoms with Crippen LogP contribution < -0.4 is 5.73 Å². The van der Waals surface area contributed by atoms with Gasteiger partial charge in [-0.25, -0.2) is 0 Å². The van der Waals surface area contributed by atoms with Crippen LogP contribution in [0.15, 0.2) is 16.6 Å². The quantitative estimate of drug-likeness (QED) is 0.894. The normalized spacial score (nSPS) is 14.9. The molecule has 0 aliphatic carbocycles. The Morgan fingerprint density at radius 1 is 1.31 bits per heavy atom. The first-order valence-electron chi connectivity index (χ1n) is 5.60. The molecule has 16 heavy (non-hydrogen) atoms. The second-order valence-corrected chi connectivity index (χ2v) is 5.34. The first kappa shape index (κ1) is 13.7. The smallest absolute Gasteiger partial charge is 0.0668 e. The largest absolute Gasteiger partial charge is 0.392 e. The maximum atomic E-state index is 9.56. The van der Waals surface area contributed by atoms with Crippen LogP contribution in [-0.4, -0.2) is 17.8 Å². The molecule has 0 saturated carbocycles. The SMILES string of the molecule is Cc1cc(Br)c(C(C)CC(O)CN)cc1C. The van der Waals surface area contributed by atoms with Crippen LogP contribution in [0.5, 0.6) is 0 Å². The van der Waals surface area contributed by atoms with Gasteiger partial charge < -0.3 is 10.8 Å². The van der Waals surface area contributed by atoms with Crippen molar-refractivity contribution in [2.75, 3.05) is 6.54 Å². The number of aliphatic hydroxyl groups is 1. The maximum Gasteiger partial charge on any atom is 0.0668 e. The van der Waals surface area contributed by atoms with Gasteiger partial charge in [0, 0.05) is 11.0 Å². The summed E-state index contributed by atoms with van der Waals surface area (Å²) in [5.74, 6) is 0.312. The molecule has 0 fully saturated rings. The standard InChI is InChI=1S/C13H20BrNO/c1-8-5-12(13(14)6-9(8)2)10(3)4-11(16)7-15/h5-6,10-11,16H,4,7,15H2,1-3H3. The molecule has 3 N–H and O–H groups in total. The minimum atomic E-state index is -0.413. The lowest BCUT2D eigenvalue weighted by Gasteiger charge is -2.18. The van der Waals surface area contributed by atoms with Gasteiger partial charge in [-0.3, -0.25) is 0 Å². The van der Waals surface area contributed by atoms with E-state index in [-0.39, 0.29) is 0 Å². The lowest BCUT2D eigenvalue weighted by Crippen LogP contribution is -2.21. The first-order valence-corrected chi connectivity index (χ1v) is 6.39. The topological polar surface area (TPSA) is 46.2 Å². The second kappa shape index (κ2) is 5.80. The predicted molar refractivity (Wildman–Crippen MR) is 71.7 cm³/mol. The van der Waals surface area contributed by atoms with Gasteiger partial charge in [-0.2, -0.15) is 0 Å². The molecule has 0 aliphatic rings. The Morgan fingerprint density at radius 3 is 2.44 bits per heavy atom. The van der Waals surface area contributed by atoms with Crippen LogP contribution in [0.3, 0.4) is 0 Å². The van der Waals surface area contributed by atoms with E-state index in [1.807, 2.05) is 0 Å². The molecule has 1 aromatic rings. The van der Waals surface area contributed by atoms with E-state index in [2.05, 4.69) is 48.8 Å². The van der Waals surface area contributed by atoms with Crippen molar-refractivity contribution in [1.29, 1.82) is 0 Å². The van der Waals surface area contributed by atoms with Crippen molar-refractivity contribution in [2.24, 2.45) is 5.73 Å². The van der Waals surface area contributed by atoms with Gasteiger partial charge in [-0.15, -0.1) is 0 Å². The summed E-state index contributed by atoms with van der Waals surface area (Å²) in [5.41, 5.74) is 9.24. The Hall–Kier alpha value is -0.380. The van der Waals surface area contributed by atoms with E-state index < -0.39 is 6.10 Å². The number of nitrogens with two attached hydrogens (primary N) is 1. The molecule has 2 atom stereocenters. The highest BCUT2D eigenvalue weighted by Crippen LogP contribution is 2.30. The first-order chi connectivity index (χ1) is 7.45. The Bertz CT molecular complexity index is 365. The van der Waals surface area contributed by atoms with Gasteiger partial charge >= 0.3 is 0 Å². The Kier molecular flexibility index (Phi) is 4.96. The Balaban J connectivity index is 2.91. The van der Waals surface area contributed by atoms with Crippen LogP contribution in [0.4, 0.5) is 0 Å². The zero-order valence-electron chi connectivity index (χ0n) is 10.1. The Morgan fingerprint density at radius 2 is 1.88 bits per heavy atom. The van der Waals surface area contributed by atoms with Gasteiger partial charge in [0.15, 0.2) is 0 Å². The van der Waals surface area contributed by atoms with Crippen molar-refractivity contribution in [1.82, 2.24) is 0 Å². The molecule has 0 radical (unpaired) electrons. The summed E-state index contributed by atoms with van der Waals surface area (Å²) in [6.45, 7) is 6.65. The second-order valence-electron chi connectivity index (χ2n) is 4.48. The minimum Gasteiger partial charge on any atom is -0.392 e. The molecule has 2 nitrogen and oxygen atoms in total. The van der Waals surface area contributed by atoms with E-state index in [1.165, 1.54) is 16.7 Å².